The molecule has 3 aromatic heterocycles. The molecule has 3 heterocycles. The van der Waals surface area contributed by atoms with Crippen LogP contribution in [0.2, 0.25) is 0 Å². The molecule has 11 heteroatoms. The Hall–Kier alpha value is -3.08. The van der Waals surface area contributed by atoms with Crippen LogP contribution in [0.15, 0.2) is 42.9 Å². The van der Waals surface area contributed by atoms with Gasteiger partial charge in [0.25, 0.3) is 0 Å². The zero-order valence-corrected chi connectivity index (χ0v) is 17.5. The normalized spacial score (nSPS) is 18.3. The number of nitrogens with one attached hydrogen (secondary N) is 1. The molecule has 4 aromatic rings. The number of fused-ring (bicyclic) bond motifs is 1. The van der Waals surface area contributed by atoms with Gasteiger partial charge in [-0.2, -0.15) is 14.8 Å². The molecule has 0 saturated heterocycles. The largest absolute Gasteiger partial charge is 0.394 e. The number of nitrogens with zero attached hydrogens (tertiary/aromatic N) is 7. The summed E-state index contributed by atoms with van der Waals surface area (Å²) >= 11 is 0. The van der Waals surface area contributed by atoms with Gasteiger partial charge < -0.3 is 15.5 Å². The Morgan fingerprint density at radius 3 is 2.68 bits per heavy atom. The minimum atomic E-state index is -0.257. The first-order valence-corrected chi connectivity index (χ1v) is 9.97. The summed E-state index contributed by atoms with van der Waals surface area (Å²) in [6.07, 6.45) is 7.48. The summed E-state index contributed by atoms with van der Waals surface area (Å²) in [5.74, 6) is 0.512. The molecule has 1 aromatic carbocycles. The van der Waals surface area contributed by atoms with Gasteiger partial charge in [-0.25, -0.2) is 4.98 Å². The molecule has 1 aliphatic rings. The minimum Gasteiger partial charge on any atom is -0.394 e. The highest BCUT2D eigenvalue weighted by Crippen LogP contribution is 2.24. The van der Waals surface area contributed by atoms with Crippen LogP contribution in [0.4, 0.5) is 5.95 Å². The molecular weight excluding hydrogens is 420 g/mol. The summed E-state index contributed by atoms with van der Waals surface area (Å²) in [5, 5.41) is 34.7. The molecule has 10 nitrogen and oxygen atoms in total. The maximum absolute atomic E-state index is 9.72. The Kier molecular flexibility index (Phi) is 6.12. The van der Waals surface area contributed by atoms with E-state index in [9.17, 15) is 5.11 Å². The molecule has 5 rings (SSSR count). The number of hydrogen-bond acceptors (Lipinski definition) is 8. The fraction of sp³-hybridized carbons (Fsp3) is 0.350. The Balaban J connectivity index is 0.00000231. The van der Waals surface area contributed by atoms with E-state index < -0.39 is 0 Å². The van der Waals surface area contributed by atoms with Crippen molar-refractivity contribution in [2.24, 2.45) is 0 Å². The number of aliphatic hydroxyl groups excluding tert-OH is 2. The number of benzene rings is 1. The lowest BCUT2D eigenvalue weighted by molar-refractivity contribution is 0.182. The molecule has 0 bridgehead atoms. The standard InChI is InChI=1S/C20H22N8O2.ClH/c29-8-7-27-12-14(10-22-27)13-1-4-16(5-2-13)28-19-18(25-26-28)11-21-20(24-19)23-15-3-6-17(30)9-15;/h1-2,4-5,10-12,15,17,29-30H,3,6-9H2,(H,21,23,24);1H/t15-,17-;/m1./s1. The van der Waals surface area contributed by atoms with Gasteiger partial charge in [-0.1, -0.05) is 17.3 Å². The number of rotatable bonds is 6. The first-order valence-electron chi connectivity index (χ1n) is 9.97. The van der Waals surface area contributed by atoms with Crippen molar-refractivity contribution in [3.63, 3.8) is 0 Å². The van der Waals surface area contributed by atoms with E-state index in [1.807, 2.05) is 30.5 Å². The molecule has 162 valence electrons. The number of aromatic nitrogens is 7. The van der Waals surface area contributed by atoms with Crippen LogP contribution in [0.1, 0.15) is 19.3 Å². The third-order valence-corrected chi connectivity index (χ3v) is 5.34. The third-order valence-electron chi connectivity index (χ3n) is 5.34. The number of anilines is 1. The van der Waals surface area contributed by atoms with E-state index in [0.29, 0.717) is 30.1 Å². The van der Waals surface area contributed by atoms with Gasteiger partial charge in [0, 0.05) is 17.8 Å². The van der Waals surface area contributed by atoms with Crippen LogP contribution in [0.3, 0.4) is 0 Å². The molecule has 3 N–H and O–H groups in total. The fourth-order valence-electron chi connectivity index (χ4n) is 3.78. The van der Waals surface area contributed by atoms with E-state index in [1.165, 1.54) is 0 Å². The Morgan fingerprint density at radius 2 is 1.94 bits per heavy atom. The van der Waals surface area contributed by atoms with E-state index in [1.54, 1.807) is 21.8 Å². The van der Waals surface area contributed by atoms with Crippen LogP contribution >= 0.6 is 12.4 Å². The van der Waals surface area contributed by atoms with Crippen LogP contribution in [-0.4, -0.2) is 63.7 Å². The van der Waals surface area contributed by atoms with Crippen LogP contribution in [0, 0.1) is 0 Å². The summed E-state index contributed by atoms with van der Waals surface area (Å²) in [6.45, 7) is 0.526. The topological polar surface area (TPSA) is 127 Å². The van der Waals surface area contributed by atoms with Crippen LogP contribution in [-0.2, 0) is 6.54 Å². The Labute approximate surface area is 184 Å². The smallest absolute Gasteiger partial charge is 0.225 e. The summed E-state index contributed by atoms with van der Waals surface area (Å²) in [6, 6.07) is 8.06. The fourth-order valence-corrected chi connectivity index (χ4v) is 3.78. The van der Waals surface area contributed by atoms with Crippen molar-refractivity contribution in [3.8, 4) is 16.8 Å². The van der Waals surface area contributed by atoms with Gasteiger partial charge >= 0.3 is 0 Å². The molecule has 0 spiro atoms. The molecule has 2 atom stereocenters. The monoisotopic (exact) mass is 442 g/mol. The maximum atomic E-state index is 9.72. The number of aliphatic hydroxyl groups is 2. The molecule has 0 aliphatic heterocycles. The third kappa shape index (κ3) is 4.36. The molecular formula is C20H23ClN8O2. The lowest BCUT2D eigenvalue weighted by Gasteiger charge is -2.11. The predicted octanol–water partition coefficient (Wildman–Crippen LogP) is 1.81. The van der Waals surface area contributed by atoms with Gasteiger partial charge in [0.1, 0.15) is 0 Å². The van der Waals surface area contributed by atoms with E-state index in [2.05, 4.69) is 30.7 Å². The number of halogens is 1. The first kappa shape index (κ1) is 21.2. The van der Waals surface area contributed by atoms with E-state index >= 15 is 0 Å². The molecule has 0 radical (unpaired) electrons. The quantitative estimate of drug-likeness (QED) is 0.412. The average molecular weight is 443 g/mol. The van der Waals surface area contributed by atoms with Gasteiger partial charge in [-0.05, 0) is 37.0 Å². The number of hydrogen-bond donors (Lipinski definition) is 3. The molecule has 1 aliphatic carbocycles. The zero-order chi connectivity index (χ0) is 20.5. The first-order chi connectivity index (χ1) is 14.7. The second-order valence-electron chi connectivity index (χ2n) is 7.47. The van der Waals surface area contributed by atoms with Crippen molar-refractivity contribution < 1.29 is 10.2 Å². The molecule has 0 unspecified atom stereocenters. The Bertz CT molecular complexity index is 1160. The summed E-state index contributed by atoms with van der Waals surface area (Å²) < 4.78 is 3.40. The molecule has 31 heavy (non-hydrogen) atoms. The van der Waals surface area contributed by atoms with Gasteiger partial charge in [0.15, 0.2) is 11.2 Å². The highest BCUT2D eigenvalue weighted by Gasteiger charge is 2.23. The van der Waals surface area contributed by atoms with Crippen LogP contribution in [0.5, 0.6) is 0 Å². The average Bonchev–Trinajstić information content (AvgIpc) is 3.49. The summed E-state index contributed by atoms with van der Waals surface area (Å²) in [7, 11) is 0. The highest BCUT2D eigenvalue weighted by molar-refractivity contribution is 5.85. The summed E-state index contributed by atoms with van der Waals surface area (Å²) in [5.41, 5.74) is 4.07. The van der Waals surface area contributed by atoms with Gasteiger partial charge in [-0.3, -0.25) is 4.68 Å². The SMILES string of the molecule is Cl.OCCn1cc(-c2ccc(-n3nnc4cnc(N[C@@H]5CC[C@@H](O)C5)nc43)cc2)cn1. The molecule has 1 saturated carbocycles. The van der Waals surface area contributed by atoms with Crippen molar-refractivity contribution in [1.82, 2.24) is 34.7 Å². The lowest BCUT2D eigenvalue weighted by atomic mass is 10.1. The van der Waals surface area contributed by atoms with E-state index in [4.69, 9.17) is 5.11 Å². The van der Waals surface area contributed by atoms with Gasteiger partial charge in [0.2, 0.25) is 5.95 Å². The van der Waals surface area contributed by atoms with Crippen molar-refractivity contribution in [1.29, 1.82) is 0 Å². The summed E-state index contributed by atoms with van der Waals surface area (Å²) in [4.78, 5) is 8.93. The predicted molar refractivity (Wildman–Crippen MR) is 117 cm³/mol. The van der Waals surface area contributed by atoms with E-state index in [-0.39, 0.29) is 31.2 Å². The highest BCUT2D eigenvalue weighted by atomic mass is 35.5. The maximum Gasteiger partial charge on any atom is 0.225 e. The minimum absolute atomic E-state index is 0. The molecule has 0 amide bonds. The van der Waals surface area contributed by atoms with Crippen molar-refractivity contribution >= 4 is 29.5 Å². The zero-order valence-electron chi connectivity index (χ0n) is 16.7. The van der Waals surface area contributed by atoms with Gasteiger partial charge in [0.05, 0.1) is 37.3 Å². The van der Waals surface area contributed by atoms with Crippen molar-refractivity contribution in [2.45, 2.75) is 38.0 Å². The van der Waals surface area contributed by atoms with E-state index in [0.717, 1.165) is 29.7 Å². The second kappa shape index (κ2) is 8.96. The van der Waals surface area contributed by atoms with Crippen molar-refractivity contribution in [2.75, 3.05) is 11.9 Å². The van der Waals surface area contributed by atoms with Crippen molar-refractivity contribution in [3.05, 3.63) is 42.9 Å². The lowest BCUT2D eigenvalue weighted by Crippen LogP contribution is -2.18. The second-order valence-corrected chi connectivity index (χ2v) is 7.47. The van der Waals surface area contributed by atoms with Crippen LogP contribution in [0.25, 0.3) is 28.0 Å². The van der Waals surface area contributed by atoms with Crippen LogP contribution < -0.4 is 5.32 Å². The van der Waals surface area contributed by atoms with Gasteiger partial charge in [-0.15, -0.1) is 17.5 Å². The Morgan fingerprint density at radius 1 is 1.10 bits per heavy atom. The molecule has 1 fully saturated rings.